The van der Waals surface area contributed by atoms with Crippen molar-refractivity contribution in [3.8, 4) is 0 Å². The van der Waals surface area contributed by atoms with E-state index < -0.39 is 40.2 Å². The predicted molar refractivity (Wildman–Crippen MR) is 155 cm³/mol. The first-order valence-corrected chi connectivity index (χ1v) is 16.0. The number of halogens is 6. The molecule has 2 aromatic carbocycles. The number of hydrogen-bond acceptors (Lipinski definition) is 3. The van der Waals surface area contributed by atoms with Crippen molar-refractivity contribution in [1.82, 2.24) is 4.90 Å². The summed E-state index contributed by atoms with van der Waals surface area (Å²) in [7, 11) is 0. The van der Waals surface area contributed by atoms with Crippen LogP contribution < -0.4 is 0 Å². The van der Waals surface area contributed by atoms with Crippen LogP contribution in [0, 0.1) is 11.3 Å². The molecule has 6 rings (SSSR count). The Labute approximate surface area is 255 Å². The zero-order chi connectivity index (χ0) is 31.4. The molecule has 0 radical (unpaired) electrons. The smallest absolute Gasteiger partial charge is 0.381 e. The van der Waals surface area contributed by atoms with Crippen molar-refractivity contribution in [2.24, 2.45) is 11.3 Å². The van der Waals surface area contributed by atoms with Gasteiger partial charge in [-0.1, -0.05) is 36.8 Å². The first kappa shape index (κ1) is 31.6. The van der Waals surface area contributed by atoms with Crippen molar-refractivity contribution >= 4 is 5.78 Å². The molecular formula is C35H41F6NO2. The SMILES string of the molecule is CC1(c2cc(C(F)(F)F)cc(C(F)(F)F)c2)CCCC(C2(c3ccccc3)CCC(N3CCC4(CCOC4)CC3)CC2)C1=O. The average molecular weight is 622 g/mol. The summed E-state index contributed by atoms with van der Waals surface area (Å²) in [6, 6.07) is 12.0. The van der Waals surface area contributed by atoms with E-state index in [0.29, 0.717) is 24.3 Å². The fraction of sp³-hybridized carbons (Fsp3) is 0.629. The number of carbonyl (C=O) groups is 1. The standard InChI is InChI=1S/C35H41F6NO2/c1-31(25-20-26(34(36,37)38)22-27(21-25)35(39,40)41)11-5-8-29(30(31)43)33(24-6-3-2-4-7-24)12-9-28(10-13-33)42-17-14-32(15-18-42)16-19-44-23-32/h2-4,6-7,20-22,28-29H,5,8-19,23H2,1H3. The molecule has 2 saturated heterocycles. The number of carbonyl (C=O) groups excluding carboxylic acids is 1. The van der Waals surface area contributed by atoms with Crippen molar-refractivity contribution < 1.29 is 35.9 Å². The minimum absolute atomic E-state index is 0.145. The Morgan fingerprint density at radius 3 is 1.93 bits per heavy atom. The average Bonchev–Trinajstić information content (AvgIpc) is 3.46. The number of alkyl halides is 6. The summed E-state index contributed by atoms with van der Waals surface area (Å²) < 4.78 is 88.4. The maximum Gasteiger partial charge on any atom is 0.416 e. The van der Waals surface area contributed by atoms with E-state index in [-0.39, 0.29) is 23.8 Å². The second-order valence-electron chi connectivity index (χ2n) is 14.0. The molecule has 2 heterocycles. The highest BCUT2D eigenvalue weighted by molar-refractivity contribution is 5.93. The molecule has 240 valence electrons. The molecule has 2 aliphatic heterocycles. The van der Waals surface area contributed by atoms with Crippen molar-refractivity contribution in [1.29, 1.82) is 0 Å². The summed E-state index contributed by atoms with van der Waals surface area (Å²) >= 11 is 0. The van der Waals surface area contributed by atoms with Crippen LogP contribution in [0.15, 0.2) is 48.5 Å². The zero-order valence-corrected chi connectivity index (χ0v) is 25.2. The van der Waals surface area contributed by atoms with E-state index in [1.807, 2.05) is 30.3 Å². The molecule has 3 nitrogen and oxygen atoms in total. The normalized spacial score (nSPS) is 31.8. The number of ketones is 1. The van der Waals surface area contributed by atoms with Gasteiger partial charge in [0.2, 0.25) is 0 Å². The maximum absolute atomic E-state index is 14.6. The number of nitrogens with zero attached hydrogens (tertiary/aromatic N) is 1. The summed E-state index contributed by atoms with van der Waals surface area (Å²) in [4.78, 5) is 17.2. The third-order valence-corrected chi connectivity index (χ3v) is 11.7. The first-order chi connectivity index (χ1) is 20.8. The van der Waals surface area contributed by atoms with Gasteiger partial charge in [0.25, 0.3) is 0 Å². The third-order valence-electron chi connectivity index (χ3n) is 11.7. The lowest BCUT2D eigenvalue weighted by molar-refractivity contribution is -0.144. The Balaban J connectivity index is 1.30. The van der Waals surface area contributed by atoms with Crippen LogP contribution >= 0.6 is 0 Å². The van der Waals surface area contributed by atoms with Crippen molar-refractivity contribution in [2.75, 3.05) is 26.3 Å². The molecular weight excluding hydrogens is 580 g/mol. The zero-order valence-electron chi connectivity index (χ0n) is 25.2. The van der Waals surface area contributed by atoms with Gasteiger partial charge in [0.15, 0.2) is 0 Å². The molecule has 9 heteroatoms. The van der Waals surface area contributed by atoms with E-state index in [0.717, 1.165) is 88.9 Å². The third kappa shape index (κ3) is 5.72. The van der Waals surface area contributed by atoms with Gasteiger partial charge in [-0.05, 0) is 113 Å². The van der Waals surface area contributed by atoms with E-state index in [2.05, 4.69) is 4.90 Å². The lowest BCUT2D eigenvalue weighted by atomic mass is 9.53. The molecule has 2 aliphatic carbocycles. The second-order valence-corrected chi connectivity index (χ2v) is 14.0. The van der Waals surface area contributed by atoms with Gasteiger partial charge >= 0.3 is 12.4 Å². The Bertz CT molecular complexity index is 1300. The lowest BCUT2D eigenvalue weighted by Crippen LogP contribution is -2.54. The number of benzene rings is 2. The van der Waals surface area contributed by atoms with Gasteiger partial charge in [0.05, 0.1) is 23.1 Å². The number of hydrogen-bond donors (Lipinski definition) is 0. The molecule has 0 N–H and O–H groups in total. The van der Waals surface area contributed by atoms with Crippen LogP contribution in [0.5, 0.6) is 0 Å². The largest absolute Gasteiger partial charge is 0.416 e. The van der Waals surface area contributed by atoms with Crippen molar-refractivity contribution in [3.63, 3.8) is 0 Å². The highest BCUT2D eigenvalue weighted by Gasteiger charge is 2.54. The fourth-order valence-electron chi connectivity index (χ4n) is 8.88. The highest BCUT2D eigenvalue weighted by Crippen LogP contribution is 2.54. The minimum atomic E-state index is -4.97. The van der Waals surface area contributed by atoms with E-state index in [9.17, 15) is 31.1 Å². The minimum Gasteiger partial charge on any atom is -0.381 e. The molecule has 0 aromatic heterocycles. The van der Waals surface area contributed by atoms with E-state index in [4.69, 9.17) is 4.74 Å². The number of ether oxygens (including phenoxy) is 1. The predicted octanol–water partition coefficient (Wildman–Crippen LogP) is 8.73. The van der Waals surface area contributed by atoms with E-state index >= 15 is 0 Å². The van der Waals surface area contributed by atoms with Crippen molar-refractivity contribution in [3.05, 3.63) is 70.8 Å². The van der Waals surface area contributed by atoms with Gasteiger partial charge in [-0.2, -0.15) is 26.3 Å². The van der Waals surface area contributed by atoms with Gasteiger partial charge in [-0.15, -0.1) is 0 Å². The summed E-state index contributed by atoms with van der Waals surface area (Å²) in [5, 5.41) is 0. The second kappa shape index (κ2) is 11.4. The molecule has 2 aromatic rings. The molecule has 4 fully saturated rings. The quantitative estimate of drug-likeness (QED) is 0.320. The number of rotatable bonds is 4. The van der Waals surface area contributed by atoms with E-state index in [1.54, 1.807) is 6.92 Å². The topological polar surface area (TPSA) is 29.5 Å². The number of Topliss-reactive ketones (excluding diaryl/α,β-unsaturated/α-hetero) is 1. The van der Waals surface area contributed by atoms with Gasteiger partial charge < -0.3 is 9.64 Å². The van der Waals surface area contributed by atoms with Gasteiger partial charge in [-0.3, -0.25) is 4.79 Å². The molecule has 0 bridgehead atoms. The van der Waals surface area contributed by atoms with Gasteiger partial charge in [-0.25, -0.2) is 0 Å². The Kier molecular flexibility index (Phi) is 8.22. The molecule has 44 heavy (non-hydrogen) atoms. The Hall–Kier alpha value is -2.39. The summed E-state index contributed by atoms with van der Waals surface area (Å²) in [5.74, 6) is -0.728. The molecule has 1 spiro atoms. The van der Waals surface area contributed by atoms with Crippen LogP contribution in [0.3, 0.4) is 0 Å². The van der Waals surface area contributed by atoms with Crippen LogP contribution in [0.4, 0.5) is 26.3 Å². The highest BCUT2D eigenvalue weighted by atomic mass is 19.4. The fourth-order valence-corrected chi connectivity index (χ4v) is 8.88. The number of piperidine rings is 1. The Morgan fingerprint density at radius 2 is 1.39 bits per heavy atom. The molecule has 2 saturated carbocycles. The molecule has 0 amide bonds. The first-order valence-electron chi connectivity index (χ1n) is 16.0. The Morgan fingerprint density at radius 1 is 0.773 bits per heavy atom. The summed E-state index contributed by atoms with van der Waals surface area (Å²) in [6.07, 6.45) is -1.88. The van der Waals surface area contributed by atoms with Crippen LogP contribution in [0.1, 0.15) is 93.4 Å². The molecule has 2 atom stereocenters. The van der Waals surface area contributed by atoms with E-state index in [1.165, 1.54) is 0 Å². The molecule has 2 unspecified atom stereocenters. The summed E-state index contributed by atoms with van der Waals surface area (Å²) in [5.41, 5.74) is -3.54. The van der Waals surface area contributed by atoms with Crippen LogP contribution in [-0.2, 0) is 32.7 Å². The molecule has 4 aliphatic rings. The van der Waals surface area contributed by atoms with Crippen LogP contribution in [0.2, 0.25) is 0 Å². The van der Waals surface area contributed by atoms with Gasteiger partial charge in [0, 0.05) is 24.0 Å². The van der Waals surface area contributed by atoms with Crippen LogP contribution in [0.25, 0.3) is 0 Å². The lowest BCUT2D eigenvalue weighted by Gasteiger charge is -2.52. The van der Waals surface area contributed by atoms with Gasteiger partial charge in [0.1, 0.15) is 5.78 Å². The van der Waals surface area contributed by atoms with Crippen molar-refractivity contribution in [2.45, 2.75) is 100 Å². The monoisotopic (exact) mass is 621 g/mol. The number of likely N-dealkylation sites (tertiary alicyclic amines) is 1. The van der Waals surface area contributed by atoms with Crippen LogP contribution in [-0.4, -0.2) is 43.0 Å². The summed E-state index contributed by atoms with van der Waals surface area (Å²) in [6.45, 7) is 5.31. The maximum atomic E-state index is 14.6.